The minimum Gasteiger partial charge on any atom is -0.338 e. The second kappa shape index (κ2) is 5.06. The summed E-state index contributed by atoms with van der Waals surface area (Å²) in [7, 11) is 0. The molecule has 0 fully saturated rings. The van der Waals surface area contributed by atoms with E-state index in [0.29, 0.717) is 6.42 Å². The zero-order valence-corrected chi connectivity index (χ0v) is 10.4. The number of hydrogen-bond donors (Lipinski definition) is 0. The third kappa shape index (κ3) is 2.40. The van der Waals surface area contributed by atoms with E-state index in [1.807, 2.05) is 54.7 Å². The van der Waals surface area contributed by atoms with Crippen LogP contribution in [0.15, 0.2) is 67.0 Å². The summed E-state index contributed by atoms with van der Waals surface area (Å²) in [6.45, 7) is 0. The lowest BCUT2D eigenvalue weighted by atomic mass is 10.0. The molecule has 19 heavy (non-hydrogen) atoms. The Hall–Kier alpha value is -2.42. The summed E-state index contributed by atoms with van der Waals surface area (Å²) in [5, 5.41) is 0. The van der Waals surface area contributed by atoms with Gasteiger partial charge in [0.15, 0.2) is 5.78 Å². The van der Waals surface area contributed by atoms with E-state index in [1.54, 1.807) is 12.3 Å². The highest BCUT2D eigenvalue weighted by atomic mass is 16.1. The van der Waals surface area contributed by atoms with Gasteiger partial charge < -0.3 is 4.90 Å². The maximum atomic E-state index is 11.7. The van der Waals surface area contributed by atoms with Crippen molar-refractivity contribution in [3.63, 3.8) is 0 Å². The number of aromatic nitrogens is 1. The monoisotopic (exact) mass is 250 g/mol. The fourth-order valence-corrected chi connectivity index (χ4v) is 2.31. The van der Waals surface area contributed by atoms with Gasteiger partial charge in [-0.1, -0.05) is 24.3 Å². The molecule has 3 nitrogen and oxygen atoms in total. The molecule has 1 aromatic heterocycles. The number of rotatable bonds is 2. The summed E-state index contributed by atoms with van der Waals surface area (Å²) in [5.41, 5.74) is 1.99. The van der Waals surface area contributed by atoms with Crippen molar-refractivity contribution in [2.45, 2.75) is 12.5 Å². The normalized spacial score (nSPS) is 18.6. The van der Waals surface area contributed by atoms with Crippen molar-refractivity contribution < 1.29 is 4.79 Å². The van der Waals surface area contributed by atoms with E-state index in [4.69, 9.17) is 0 Å². The first-order chi connectivity index (χ1) is 9.34. The molecule has 0 spiro atoms. The summed E-state index contributed by atoms with van der Waals surface area (Å²) in [6.07, 6.45) is 5.71. The first kappa shape index (κ1) is 11.7. The molecule has 0 aliphatic carbocycles. The highest BCUT2D eigenvalue weighted by Gasteiger charge is 2.25. The predicted octanol–water partition coefficient (Wildman–Crippen LogP) is 3.12. The number of anilines is 1. The van der Waals surface area contributed by atoms with Crippen molar-refractivity contribution >= 4 is 11.5 Å². The molecule has 2 aromatic rings. The summed E-state index contributed by atoms with van der Waals surface area (Å²) in [4.78, 5) is 18.2. The van der Waals surface area contributed by atoms with Gasteiger partial charge in [-0.3, -0.25) is 9.78 Å². The Morgan fingerprint density at radius 1 is 1.05 bits per heavy atom. The van der Waals surface area contributed by atoms with Crippen LogP contribution in [0.2, 0.25) is 0 Å². The third-order valence-electron chi connectivity index (χ3n) is 3.23. The summed E-state index contributed by atoms with van der Waals surface area (Å²) in [5.74, 6) is 0.142. The molecule has 0 radical (unpaired) electrons. The number of carbonyl (C=O) groups excluding carboxylic acids is 1. The van der Waals surface area contributed by atoms with Crippen LogP contribution in [0.1, 0.15) is 18.2 Å². The van der Waals surface area contributed by atoms with Crippen LogP contribution in [-0.4, -0.2) is 10.8 Å². The van der Waals surface area contributed by atoms with Crippen LogP contribution in [-0.2, 0) is 4.79 Å². The lowest BCUT2D eigenvalue weighted by molar-refractivity contribution is -0.115. The Balaban J connectivity index is 2.01. The van der Waals surface area contributed by atoms with E-state index >= 15 is 0 Å². The van der Waals surface area contributed by atoms with Gasteiger partial charge in [-0.2, -0.15) is 0 Å². The average molecular weight is 250 g/mol. The highest BCUT2D eigenvalue weighted by Crippen LogP contribution is 2.31. The predicted molar refractivity (Wildman–Crippen MR) is 74.7 cm³/mol. The molecule has 0 N–H and O–H groups in total. The number of nitrogens with zero attached hydrogens (tertiary/aromatic N) is 2. The van der Waals surface area contributed by atoms with Gasteiger partial charge in [-0.15, -0.1) is 0 Å². The maximum absolute atomic E-state index is 11.7. The molecule has 1 aliphatic rings. The maximum Gasteiger partial charge on any atom is 0.159 e. The van der Waals surface area contributed by atoms with E-state index in [2.05, 4.69) is 9.88 Å². The molecular formula is C16H14N2O. The fraction of sp³-hybridized carbons (Fsp3) is 0.125. The van der Waals surface area contributed by atoms with Gasteiger partial charge in [0.1, 0.15) is 0 Å². The van der Waals surface area contributed by atoms with Crippen LogP contribution in [0.5, 0.6) is 0 Å². The van der Waals surface area contributed by atoms with E-state index in [1.165, 1.54) is 0 Å². The molecule has 1 atom stereocenters. The van der Waals surface area contributed by atoms with Crippen molar-refractivity contribution in [3.05, 3.63) is 72.7 Å². The van der Waals surface area contributed by atoms with Gasteiger partial charge in [0, 0.05) is 24.5 Å². The van der Waals surface area contributed by atoms with Crippen LogP contribution in [0.3, 0.4) is 0 Å². The molecule has 94 valence electrons. The lowest BCUT2D eigenvalue weighted by Gasteiger charge is -2.32. The molecule has 0 saturated carbocycles. The summed E-state index contributed by atoms with van der Waals surface area (Å²) in [6, 6.07) is 15.8. The standard InChI is InChI=1S/C16H14N2O/c19-14-9-11-18(13-6-2-1-3-7-13)16(12-14)15-8-4-5-10-17-15/h1-11,16H,12H2. The molecule has 2 heterocycles. The van der Waals surface area contributed by atoms with Gasteiger partial charge in [-0.25, -0.2) is 0 Å². The van der Waals surface area contributed by atoms with Crippen LogP contribution in [0.4, 0.5) is 5.69 Å². The number of allylic oxidation sites excluding steroid dienone is 1. The minimum atomic E-state index is -0.0268. The Kier molecular flexibility index (Phi) is 3.11. The molecule has 0 amide bonds. The lowest BCUT2D eigenvalue weighted by Crippen LogP contribution is -2.29. The molecule has 1 aromatic carbocycles. The highest BCUT2D eigenvalue weighted by molar-refractivity contribution is 5.92. The Labute approximate surface area is 112 Å². The largest absolute Gasteiger partial charge is 0.338 e. The molecule has 3 rings (SSSR count). The minimum absolute atomic E-state index is 0.0268. The van der Waals surface area contributed by atoms with Crippen molar-refractivity contribution in [1.29, 1.82) is 0 Å². The second-order valence-corrected chi connectivity index (χ2v) is 4.50. The molecule has 0 saturated heterocycles. The summed E-state index contributed by atoms with van der Waals surface area (Å²) >= 11 is 0. The van der Waals surface area contributed by atoms with E-state index in [-0.39, 0.29) is 11.8 Å². The fourth-order valence-electron chi connectivity index (χ4n) is 2.31. The quantitative estimate of drug-likeness (QED) is 0.821. The van der Waals surface area contributed by atoms with Gasteiger partial charge in [0.2, 0.25) is 0 Å². The van der Waals surface area contributed by atoms with Gasteiger partial charge in [0.25, 0.3) is 0 Å². The van der Waals surface area contributed by atoms with Crippen molar-refractivity contribution in [2.75, 3.05) is 4.90 Å². The van der Waals surface area contributed by atoms with Gasteiger partial charge in [0.05, 0.1) is 11.7 Å². The Morgan fingerprint density at radius 3 is 2.58 bits per heavy atom. The number of benzene rings is 1. The number of pyridine rings is 1. The topological polar surface area (TPSA) is 33.2 Å². The molecular weight excluding hydrogens is 236 g/mol. The summed E-state index contributed by atoms with van der Waals surface area (Å²) < 4.78 is 0. The van der Waals surface area contributed by atoms with Crippen LogP contribution in [0.25, 0.3) is 0 Å². The van der Waals surface area contributed by atoms with Gasteiger partial charge >= 0.3 is 0 Å². The van der Waals surface area contributed by atoms with Crippen molar-refractivity contribution in [2.24, 2.45) is 0 Å². The Bertz CT molecular complexity index is 593. The molecule has 0 bridgehead atoms. The van der Waals surface area contributed by atoms with Crippen LogP contribution < -0.4 is 4.90 Å². The molecule has 1 aliphatic heterocycles. The molecule has 3 heteroatoms. The SMILES string of the molecule is O=C1C=CN(c2ccccc2)C(c2ccccn2)C1. The Morgan fingerprint density at radius 2 is 1.84 bits per heavy atom. The first-order valence-electron chi connectivity index (χ1n) is 6.30. The number of para-hydroxylation sites is 1. The first-order valence-corrected chi connectivity index (χ1v) is 6.30. The molecule has 1 unspecified atom stereocenters. The van der Waals surface area contributed by atoms with Crippen LogP contribution >= 0.6 is 0 Å². The second-order valence-electron chi connectivity index (χ2n) is 4.50. The van der Waals surface area contributed by atoms with E-state index in [0.717, 1.165) is 11.4 Å². The average Bonchev–Trinajstić information content (AvgIpc) is 2.49. The number of ketones is 1. The van der Waals surface area contributed by atoms with Crippen LogP contribution in [0, 0.1) is 0 Å². The van der Waals surface area contributed by atoms with Gasteiger partial charge in [-0.05, 0) is 30.3 Å². The van der Waals surface area contributed by atoms with E-state index in [9.17, 15) is 4.79 Å². The van der Waals surface area contributed by atoms with Crippen molar-refractivity contribution in [3.8, 4) is 0 Å². The third-order valence-corrected chi connectivity index (χ3v) is 3.23. The number of hydrogen-bond acceptors (Lipinski definition) is 3. The smallest absolute Gasteiger partial charge is 0.159 e. The zero-order valence-electron chi connectivity index (χ0n) is 10.4. The number of carbonyl (C=O) groups is 1. The zero-order chi connectivity index (χ0) is 13.1. The van der Waals surface area contributed by atoms with Crippen molar-refractivity contribution in [1.82, 2.24) is 4.98 Å². The van der Waals surface area contributed by atoms with E-state index < -0.39 is 0 Å².